The third-order valence-corrected chi connectivity index (χ3v) is 10.8. The van der Waals surface area contributed by atoms with E-state index in [0.717, 1.165) is 31.5 Å². The van der Waals surface area contributed by atoms with Gasteiger partial charge in [0.2, 0.25) is 0 Å². The molecule has 0 aromatic heterocycles. The molecule has 2 fully saturated rings. The lowest BCUT2D eigenvalue weighted by atomic mass is 10.0. The molecule has 134 valence electrons. The molecule has 7 heteroatoms. The summed E-state index contributed by atoms with van der Waals surface area (Å²) in [5.41, 5.74) is 0.796. The van der Waals surface area contributed by atoms with Crippen LogP contribution < -0.4 is 4.90 Å². The van der Waals surface area contributed by atoms with Crippen molar-refractivity contribution in [1.29, 1.82) is 0 Å². The molecule has 1 aromatic rings. The van der Waals surface area contributed by atoms with E-state index in [-0.39, 0.29) is 17.9 Å². The Balaban J connectivity index is 1.74. The standard InChI is InChI=1S/C17H25NO4S2/c19-23(20)13-16(15-7-3-1-4-8-15)14-24(21,22)17(23)9-12-18-10-5-2-6-11-18/h1,3-4,7-8,16-17H,2,5-6,9-14H2/p+1. The molecule has 0 amide bonds. The average Bonchev–Trinajstić information content (AvgIpc) is 2.54. The molecule has 0 bridgehead atoms. The van der Waals surface area contributed by atoms with Crippen LogP contribution >= 0.6 is 0 Å². The Labute approximate surface area is 144 Å². The molecule has 3 rings (SSSR count). The Morgan fingerprint density at radius 2 is 1.46 bits per heavy atom. The SMILES string of the molecule is O=S1(=O)CC(c2ccccc2)CS(=O)(=O)C1CC[NH+]1CCCCC1. The molecule has 2 aliphatic rings. The number of hydrogen-bond donors (Lipinski definition) is 1. The zero-order valence-corrected chi connectivity index (χ0v) is 15.5. The highest BCUT2D eigenvalue weighted by Gasteiger charge is 2.45. The zero-order chi connectivity index (χ0) is 17.2. The Morgan fingerprint density at radius 1 is 0.875 bits per heavy atom. The summed E-state index contributed by atoms with van der Waals surface area (Å²) in [6, 6.07) is 9.11. The lowest BCUT2D eigenvalue weighted by Gasteiger charge is -2.30. The second kappa shape index (κ2) is 7.14. The normalized spacial score (nSPS) is 30.0. The van der Waals surface area contributed by atoms with Crippen LogP contribution in [0.1, 0.15) is 37.2 Å². The molecular weight excluding hydrogens is 346 g/mol. The van der Waals surface area contributed by atoms with Gasteiger partial charge in [0.1, 0.15) is 0 Å². The van der Waals surface area contributed by atoms with Crippen LogP contribution in [-0.4, -0.2) is 52.6 Å². The molecule has 0 unspecified atom stereocenters. The second-order valence-electron chi connectivity index (χ2n) is 7.05. The fourth-order valence-corrected chi connectivity index (χ4v) is 9.48. The number of likely N-dealkylation sites (tertiary alicyclic amines) is 1. The van der Waals surface area contributed by atoms with Gasteiger partial charge in [-0.05, 0) is 24.8 Å². The van der Waals surface area contributed by atoms with E-state index < -0.39 is 30.2 Å². The van der Waals surface area contributed by atoms with E-state index in [4.69, 9.17) is 0 Å². The summed E-state index contributed by atoms with van der Waals surface area (Å²) in [4.78, 5) is 1.34. The maximum atomic E-state index is 12.7. The molecule has 0 saturated carbocycles. The van der Waals surface area contributed by atoms with Crippen LogP contribution in [0.25, 0.3) is 0 Å². The smallest absolute Gasteiger partial charge is 0.168 e. The van der Waals surface area contributed by atoms with Crippen LogP contribution in [0.4, 0.5) is 0 Å². The number of piperidine rings is 1. The minimum absolute atomic E-state index is 0.0593. The minimum Gasteiger partial charge on any atom is -0.335 e. The van der Waals surface area contributed by atoms with E-state index in [1.54, 1.807) is 0 Å². The van der Waals surface area contributed by atoms with E-state index >= 15 is 0 Å². The summed E-state index contributed by atoms with van der Waals surface area (Å²) in [5.74, 6) is -0.563. The van der Waals surface area contributed by atoms with Crippen molar-refractivity contribution in [2.75, 3.05) is 31.1 Å². The molecule has 0 spiro atoms. The van der Waals surface area contributed by atoms with Gasteiger partial charge in [-0.1, -0.05) is 30.3 Å². The van der Waals surface area contributed by atoms with Crippen LogP contribution in [0.15, 0.2) is 30.3 Å². The molecule has 24 heavy (non-hydrogen) atoms. The Hall–Kier alpha value is -0.920. The van der Waals surface area contributed by atoms with E-state index in [1.165, 1.54) is 11.3 Å². The number of quaternary nitrogens is 1. The maximum Gasteiger partial charge on any atom is 0.168 e. The Bertz CT molecular complexity index is 717. The quantitative estimate of drug-likeness (QED) is 0.830. The number of sulfone groups is 2. The van der Waals surface area contributed by atoms with Crippen molar-refractivity contribution in [2.45, 2.75) is 36.2 Å². The van der Waals surface area contributed by atoms with Crippen molar-refractivity contribution >= 4 is 19.7 Å². The lowest BCUT2D eigenvalue weighted by Crippen LogP contribution is -3.12. The summed E-state index contributed by atoms with van der Waals surface area (Å²) in [6.45, 7) is 2.69. The Morgan fingerprint density at radius 3 is 2.04 bits per heavy atom. The van der Waals surface area contributed by atoms with Crippen LogP contribution in [0, 0.1) is 0 Å². The number of hydrogen-bond acceptors (Lipinski definition) is 4. The molecule has 2 saturated heterocycles. The van der Waals surface area contributed by atoms with Crippen molar-refractivity contribution in [3.63, 3.8) is 0 Å². The molecule has 2 heterocycles. The first-order valence-electron chi connectivity index (χ1n) is 8.70. The highest BCUT2D eigenvalue weighted by Crippen LogP contribution is 2.31. The average molecular weight is 373 g/mol. The van der Waals surface area contributed by atoms with E-state index in [9.17, 15) is 16.8 Å². The van der Waals surface area contributed by atoms with Crippen molar-refractivity contribution in [3.05, 3.63) is 35.9 Å². The summed E-state index contributed by atoms with van der Waals surface area (Å²) in [7, 11) is -7.26. The van der Waals surface area contributed by atoms with Gasteiger partial charge in [0.15, 0.2) is 24.3 Å². The predicted molar refractivity (Wildman–Crippen MR) is 94.6 cm³/mol. The van der Waals surface area contributed by atoms with Crippen LogP contribution in [0.3, 0.4) is 0 Å². The van der Waals surface area contributed by atoms with Gasteiger partial charge in [0, 0.05) is 12.3 Å². The minimum atomic E-state index is -3.63. The van der Waals surface area contributed by atoms with Gasteiger partial charge in [-0.3, -0.25) is 0 Å². The maximum absolute atomic E-state index is 12.7. The van der Waals surface area contributed by atoms with Gasteiger partial charge in [-0.25, -0.2) is 16.8 Å². The molecule has 5 nitrogen and oxygen atoms in total. The first-order valence-corrected chi connectivity index (χ1v) is 12.1. The van der Waals surface area contributed by atoms with Gasteiger partial charge in [-0.15, -0.1) is 0 Å². The Kier molecular flexibility index (Phi) is 5.32. The van der Waals surface area contributed by atoms with Gasteiger partial charge in [-0.2, -0.15) is 0 Å². The highest BCUT2D eigenvalue weighted by atomic mass is 32.3. The third-order valence-electron chi connectivity index (χ3n) is 5.23. The summed E-state index contributed by atoms with van der Waals surface area (Å²) < 4.78 is 49.5. The van der Waals surface area contributed by atoms with Gasteiger partial charge >= 0.3 is 0 Å². The molecular formula is C17H26NO4S2+. The van der Waals surface area contributed by atoms with Crippen molar-refractivity contribution in [2.24, 2.45) is 0 Å². The fourth-order valence-electron chi connectivity index (χ4n) is 3.95. The van der Waals surface area contributed by atoms with Gasteiger partial charge < -0.3 is 4.90 Å². The van der Waals surface area contributed by atoms with Crippen molar-refractivity contribution in [1.82, 2.24) is 0 Å². The monoisotopic (exact) mass is 372 g/mol. The number of benzene rings is 1. The van der Waals surface area contributed by atoms with E-state index in [1.807, 2.05) is 30.3 Å². The summed E-state index contributed by atoms with van der Waals surface area (Å²) >= 11 is 0. The van der Waals surface area contributed by atoms with Gasteiger partial charge in [0.25, 0.3) is 0 Å². The topological polar surface area (TPSA) is 72.7 Å². The first kappa shape index (κ1) is 17.9. The summed E-state index contributed by atoms with van der Waals surface area (Å²) in [6.07, 6.45) is 3.76. The molecule has 0 aliphatic carbocycles. The summed E-state index contributed by atoms with van der Waals surface area (Å²) in [5, 5.41) is 0. The van der Waals surface area contributed by atoms with E-state index in [0.29, 0.717) is 6.54 Å². The van der Waals surface area contributed by atoms with Crippen molar-refractivity contribution < 1.29 is 21.7 Å². The first-order chi connectivity index (χ1) is 11.4. The molecule has 1 N–H and O–H groups in total. The van der Waals surface area contributed by atoms with Crippen LogP contribution in [0.2, 0.25) is 0 Å². The molecule has 1 aromatic carbocycles. The third kappa shape index (κ3) is 4.00. The second-order valence-corrected chi connectivity index (χ2v) is 11.8. The zero-order valence-electron chi connectivity index (χ0n) is 13.9. The predicted octanol–water partition coefficient (Wildman–Crippen LogP) is 0.398. The van der Waals surface area contributed by atoms with Crippen LogP contribution in [-0.2, 0) is 19.7 Å². The highest BCUT2D eigenvalue weighted by molar-refractivity contribution is 8.09. The van der Waals surface area contributed by atoms with Crippen molar-refractivity contribution in [3.8, 4) is 0 Å². The lowest BCUT2D eigenvalue weighted by molar-refractivity contribution is -0.904. The van der Waals surface area contributed by atoms with E-state index in [2.05, 4.69) is 0 Å². The van der Waals surface area contributed by atoms with Crippen LogP contribution in [0.5, 0.6) is 0 Å². The molecule has 0 radical (unpaired) electrons. The number of nitrogens with one attached hydrogen (secondary N) is 1. The largest absolute Gasteiger partial charge is 0.335 e. The molecule has 0 atom stereocenters. The number of rotatable bonds is 4. The fraction of sp³-hybridized carbons (Fsp3) is 0.647. The van der Waals surface area contributed by atoms with Gasteiger partial charge in [0.05, 0.1) is 31.1 Å². The molecule has 2 aliphatic heterocycles.